The number of carbonyl (C=O) groups is 1. The number of aldehydes is 1. The van der Waals surface area contributed by atoms with Crippen LogP contribution in [0.2, 0.25) is 0 Å². The van der Waals surface area contributed by atoms with Crippen LogP contribution >= 0.6 is 0 Å². The van der Waals surface area contributed by atoms with Crippen molar-refractivity contribution in [3.63, 3.8) is 0 Å². The number of hydrogen-bond acceptors (Lipinski definition) is 2. The highest BCUT2D eigenvalue weighted by molar-refractivity contribution is 5.62. The Morgan fingerprint density at radius 1 is 0.720 bits per heavy atom. The molecule has 1 aliphatic rings. The van der Waals surface area contributed by atoms with Gasteiger partial charge in [0.05, 0.1) is 11.6 Å². The van der Waals surface area contributed by atoms with Crippen molar-refractivity contribution in [2.45, 2.75) is 18.0 Å². The Bertz CT molecular complexity index is 733. The summed E-state index contributed by atoms with van der Waals surface area (Å²) in [6.45, 7) is 0.905. The van der Waals surface area contributed by atoms with Crippen LogP contribution in [0, 0.1) is 0 Å². The van der Waals surface area contributed by atoms with Crippen molar-refractivity contribution in [3.05, 3.63) is 108 Å². The van der Waals surface area contributed by atoms with E-state index in [0.717, 1.165) is 19.3 Å². The Hall–Kier alpha value is -2.71. The SMILES string of the molecule is O=CC1CCN1C(c1ccccc1)(c1ccccc1)c1ccccc1. The molecule has 0 saturated carbocycles. The fraction of sp³-hybridized carbons (Fsp3) is 0.174. The largest absolute Gasteiger partial charge is 0.302 e. The second kappa shape index (κ2) is 6.66. The maximum atomic E-state index is 11.7. The summed E-state index contributed by atoms with van der Waals surface area (Å²) in [5.74, 6) is 0. The average molecular weight is 327 g/mol. The van der Waals surface area contributed by atoms with Crippen LogP contribution in [0.1, 0.15) is 23.1 Å². The van der Waals surface area contributed by atoms with E-state index >= 15 is 0 Å². The highest BCUT2D eigenvalue weighted by atomic mass is 16.1. The van der Waals surface area contributed by atoms with Gasteiger partial charge in [-0.1, -0.05) is 91.0 Å². The quantitative estimate of drug-likeness (QED) is 0.516. The zero-order chi connectivity index (χ0) is 17.1. The van der Waals surface area contributed by atoms with E-state index in [1.54, 1.807) is 0 Å². The monoisotopic (exact) mass is 327 g/mol. The minimum absolute atomic E-state index is 0.0550. The molecule has 2 nitrogen and oxygen atoms in total. The summed E-state index contributed by atoms with van der Waals surface area (Å²) in [4.78, 5) is 14.0. The highest BCUT2D eigenvalue weighted by Crippen LogP contribution is 2.46. The third-order valence-corrected chi connectivity index (χ3v) is 5.23. The van der Waals surface area contributed by atoms with Gasteiger partial charge in [0, 0.05) is 6.54 Å². The average Bonchev–Trinajstić information content (AvgIpc) is 2.67. The molecule has 1 fully saturated rings. The van der Waals surface area contributed by atoms with Gasteiger partial charge in [-0.15, -0.1) is 0 Å². The number of likely N-dealkylation sites (tertiary alicyclic amines) is 1. The molecule has 0 amide bonds. The van der Waals surface area contributed by atoms with Crippen LogP contribution in [-0.2, 0) is 10.3 Å². The second-order valence-electron chi connectivity index (χ2n) is 6.49. The molecular formula is C23H21NO. The first kappa shape index (κ1) is 15.8. The van der Waals surface area contributed by atoms with Gasteiger partial charge in [0.1, 0.15) is 6.29 Å². The first-order chi connectivity index (χ1) is 12.4. The molecule has 0 spiro atoms. The lowest BCUT2D eigenvalue weighted by Gasteiger charge is -2.53. The van der Waals surface area contributed by atoms with Crippen molar-refractivity contribution in [2.24, 2.45) is 0 Å². The topological polar surface area (TPSA) is 20.3 Å². The number of benzene rings is 3. The van der Waals surface area contributed by atoms with Gasteiger partial charge < -0.3 is 4.79 Å². The Balaban J connectivity index is 2.03. The molecule has 0 aliphatic carbocycles. The molecule has 3 aromatic carbocycles. The van der Waals surface area contributed by atoms with Gasteiger partial charge in [0.2, 0.25) is 0 Å². The number of hydrogen-bond donors (Lipinski definition) is 0. The smallest absolute Gasteiger partial charge is 0.137 e. The van der Waals surface area contributed by atoms with Crippen LogP contribution in [0.25, 0.3) is 0 Å². The van der Waals surface area contributed by atoms with E-state index < -0.39 is 5.54 Å². The molecular weight excluding hydrogens is 306 g/mol. The molecule has 3 aromatic rings. The Morgan fingerprint density at radius 3 is 1.40 bits per heavy atom. The van der Waals surface area contributed by atoms with Crippen LogP contribution < -0.4 is 0 Å². The molecule has 25 heavy (non-hydrogen) atoms. The molecule has 2 heteroatoms. The lowest BCUT2D eigenvalue weighted by Crippen LogP contribution is -2.60. The maximum Gasteiger partial charge on any atom is 0.137 e. The normalized spacial score (nSPS) is 17.7. The van der Waals surface area contributed by atoms with Crippen molar-refractivity contribution < 1.29 is 4.79 Å². The number of nitrogens with zero attached hydrogens (tertiary/aromatic N) is 1. The van der Waals surface area contributed by atoms with Crippen molar-refractivity contribution in [1.82, 2.24) is 4.90 Å². The Kier molecular flexibility index (Phi) is 4.21. The molecule has 0 aromatic heterocycles. The summed E-state index contributed by atoms with van der Waals surface area (Å²) in [5.41, 5.74) is 3.13. The summed E-state index contributed by atoms with van der Waals surface area (Å²) in [6, 6.07) is 31.5. The van der Waals surface area contributed by atoms with Crippen LogP contribution in [-0.4, -0.2) is 23.8 Å². The lowest BCUT2D eigenvalue weighted by atomic mass is 9.73. The summed E-state index contributed by atoms with van der Waals surface area (Å²) in [6.07, 6.45) is 2.00. The molecule has 1 unspecified atom stereocenters. The van der Waals surface area contributed by atoms with Crippen molar-refractivity contribution >= 4 is 6.29 Å². The predicted octanol–water partition coefficient (Wildman–Crippen LogP) is 4.25. The van der Waals surface area contributed by atoms with Gasteiger partial charge in [0.25, 0.3) is 0 Å². The van der Waals surface area contributed by atoms with Crippen molar-refractivity contribution in [1.29, 1.82) is 0 Å². The summed E-state index contributed by atoms with van der Waals surface area (Å²) >= 11 is 0. The summed E-state index contributed by atoms with van der Waals surface area (Å²) < 4.78 is 0. The van der Waals surface area contributed by atoms with Crippen LogP contribution in [0.15, 0.2) is 91.0 Å². The zero-order valence-electron chi connectivity index (χ0n) is 14.1. The van der Waals surface area contributed by atoms with E-state index in [2.05, 4.69) is 77.7 Å². The minimum Gasteiger partial charge on any atom is -0.302 e. The van der Waals surface area contributed by atoms with Gasteiger partial charge >= 0.3 is 0 Å². The molecule has 1 heterocycles. The molecule has 0 radical (unpaired) electrons. The van der Waals surface area contributed by atoms with E-state index in [1.165, 1.54) is 16.7 Å². The van der Waals surface area contributed by atoms with E-state index in [0.29, 0.717) is 0 Å². The first-order valence-electron chi connectivity index (χ1n) is 8.76. The standard InChI is InChI=1S/C23H21NO/c25-18-22-16-17-24(22)23(19-10-4-1-5-11-19,20-12-6-2-7-13-20)21-14-8-3-9-15-21/h1-15,18,22H,16-17H2. The summed E-state index contributed by atoms with van der Waals surface area (Å²) in [5, 5.41) is 0. The minimum atomic E-state index is -0.451. The van der Waals surface area contributed by atoms with Gasteiger partial charge in [-0.3, -0.25) is 4.90 Å². The molecule has 1 saturated heterocycles. The predicted molar refractivity (Wildman–Crippen MR) is 100 cm³/mol. The van der Waals surface area contributed by atoms with Gasteiger partial charge in [-0.2, -0.15) is 0 Å². The van der Waals surface area contributed by atoms with E-state index in [9.17, 15) is 4.79 Å². The van der Waals surface area contributed by atoms with Crippen LogP contribution in [0.4, 0.5) is 0 Å². The first-order valence-corrected chi connectivity index (χ1v) is 8.76. The fourth-order valence-electron chi connectivity index (χ4n) is 4.00. The third-order valence-electron chi connectivity index (χ3n) is 5.23. The molecule has 124 valence electrons. The molecule has 1 atom stereocenters. The van der Waals surface area contributed by atoms with Crippen LogP contribution in [0.5, 0.6) is 0 Å². The molecule has 0 N–H and O–H groups in total. The van der Waals surface area contributed by atoms with Crippen molar-refractivity contribution in [2.75, 3.05) is 6.54 Å². The number of carbonyl (C=O) groups excluding carboxylic acids is 1. The Morgan fingerprint density at radius 2 is 1.12 bits per heavy atom. The van der Waals surface area contributed by atoms with E-state index in [4.69, 9.17) is 0 Å². The Labute approximate surface area is 148 Å². The van der Waals surface area contributed by atoms with Gasteiger partial charge in [-0.05, 0) is 23.1 Å². The second-order valence-corrected chi connectivity index (χ2v) is 6.49. The van der Waals surface area contributed by atoms with E-state index in [-0.39, 0.29) is 6.04 Å². The van der Waals surface area contributed by atoms with Crippen molar-refractivity contribution in [3.8, 4) is 0 Å². The molecule has 4 rings (SSSR count). The summed E-state index contributed by atoms with van der Waals surface area (Å²) in [7, 11) is 0. The highest BCUT2D eigenvalue weighted by Gasteiger charge is 2.48. The lowest BCUT2D eigenvalue weighted by molar-refractivity contribution is -0.119. The van der Waals surface area contributed by atoms with Gasteiger partial charge in [-0.25, -0.2) is 0 Å². The van der Waals surface area contributed by atoms with Gasteiger partial charge in [0.15, 0.2) is 0 Å². The fourth-order valence-corrected chi connectivity index (χ4v) is 4.00. The van der Waals surface area contributed by atoms with Crippen LogP contribution in [0.3, 0.4) is 0 Å². The zero-order valence-corrected chi connectivity index (χ0v) is 14.1. The number of rotatable bonds is 5. The molecule has 1 aliphatic heterocycles. The molecule has 0 bridgehead atoms. The maximum absolute atomic E-state index is 11.7. The third kappa shape index (κ3) is 2.50. The van der Waals surface area contributed by atoms with E-state index in [1.807, 2.05) is 18.2 Å².